The SMILES string of the molecule is COc1ccc2c(c1)N1CCN(c3cnccn3)CC1C(C(=O)NC(C)C)C2. The van der Waals surface area contributed by atoms with Gasteiger partial charge in [-0.15, -0.1) is 0 Å². The standard InChI is InChI=1S/C21H27N5O2/c1-14(2)24-21(27)17-10-15-4-5-16(28-3)11-18(15)26-9-8-25(13-19(17)26)20-12-22-6-7-23-20/h4-7,11-12,14,17,19H,8-10,13H2,1-3H3,(H,24,27). The van der Waals surface area contributed by atoms with Crippen molar-refractivity contribution in [2.75, 3.05) is 36.5 Å². The van der Waals surface area contributed by atoms with Crippen LogP contribution in [0, 0.1) is 5.92 Å². The van der Waals surface area contributed by atoms with E-state index in [1.165, 1.54) is 11.3 Å². The number of nitrogens with zero attached hydrogens (tertiary/aromatic N) is 4. The second-order valence-electron chi connectivity index (χ2n) is 7.74. The molecule has 0 aliphatic carbocycles. The van der Waals surface area contributed by atoms with Crippen LogP contribution in [0.5, 0.6) is 5.75 Å². The predicted octanol–water partition coefficient (Wildman–Crippen LogP) is 1.88. The van der Waals surface area contributed by atoms with Gasteiger partial charge in [0.2, 0.25) is 5.91 Å². The number of hydrogen-bond donors (Lipinski definition) is 1. The number of fused-ring (bicyclic) bond motifs is 3. The molecule has 0 saturated carbocycles. The van der Waals surface area contributed by atoms with Gasteiger partial charge in [0.05, 0.1) is 25.3 Å². The molecule has 1 N–H and O–H groups in total. The maximum atomic E-state index is 13.0. The Hall–Kier alpha value is -2.83. The van der Waals surface area contributed by atoms with Gasteiger partial charge in [-0.25, -0.2) is 4.98 Å². The summed E-state index contributed by atoms with van der Waals surface area (Å²) in [5.41, 5.74) is 2.38. The van der Waals surface area contributed by atoms with Crippen molar-refractivity contribution in [2.24, 2.45) is 5.92 Å². The van der Waals surface area contributed by atoms with Gasteiger partial charge in [0.25, 0.3) is 0 Å². The Morgan fingerprint density at radius 1 is 1.29 bits per heavy atom. The first-order chi connectivity index (χ1) is 13.6. The quantitative estimate of drug-likeness (QED) is 0.872. The van der Waals surface area contributed by atoms with E-state index in [2.05, 4.69) is 37.2 Å². The Kier molecular flexibility index (Phi) is 5.07. The Morgan fingerprint density at radius 3 is 2.86 bits per heavy atom. The lowest BCUT2D eigenvalue weighted by Gasteiger charge is -2.49. The number of carbonyl (C=O) groups excluding carboxylic acids is 1. The van der Waals surface area contributed by atoms with E-state index in [4.69, 9.17) is 4.74 Å². The number of carbonyl (C=O) groups is 1. The Bertz CT molecular complexity index is 842. The highest BCUT2D eigenvalue weighted by atomic mass is 16.5. The molecule has 7 heteroatoms. The second kappa shape index (κ2) is 7.66. The molecule has 1 aromatic heterocycles. The van der Waals surface area contributed by atoms with Crippen molar-refractivity contribution in [1.82, 2.24) is 15.3 Å². The number of nitrogens with one attached hydrogen (secondary N) is 1. The van der Waals surface area contributed by atoms with E-state index in [0.717, 1.165) is 37.6 Å². The van der Waals surface area contributed by atoms with Crippen LogP contribution in [-0.4, -0.2) is 54.7 Å². The molecule has 0 bridgehead atoms. The molecule has 0 spiro atoms. The van der Waals surface area contributed by atoms with Crippen LogP contribution in [0.2, 0.25) is 0 Å². The fraction of sp³-hybridized carbons (Fsp3) is 0.476. The van der Waals surface area contributed by atoms with Gasteiger partial charge in [0.1, 0.15) is 11.6 Å². The van der Waals surface area contributed by atoms with Crippen molar-refractivity contribution in [1.29, 1.82) is 0 Å². The third kappa shape index (κ3) is 3.48. The molecule has 1 aromatic carbocycles. The molecule has 0 radical (unpaired) electrons. The summed E-state index contributed by atoms with van der Waals surface area (Å²) in [7, 11) is 1.69. The summed E-state index contributed by atoms with van der Waals surface area (Å²) >= 11 is 0. The summed E-state index contributed by atoms with van der Waals surface area (Å²) in [6.07, 6.45) is 5.92. The van der Waals surface area contributed by atoms with Crippen molar-refractivity contribution in [3.05, 3.63) is 42.4 Å². The van der Waals surface area contributed by atoms with Crippen molar-refractivity contribution in [3.8, 4) is 5.75 Å². The number of hydrogen-bond acceptors (Lipinski definition) is 6. The third-order valence-corrected chi connectivity index (χ3v) is 5.57. The van der Waals surface area contributed by atoms with E-state index in [1.54, 1.807) is 25.7 Å². The maximum Gasteiger partial charge on any atom is 0.225 e. The van der Waals surface area contributed by atoms with E-state index in [0.29, 0.717) is 0 Å². The zero-order chi connectivity index (χ0) is 19.7. The number of aromatic nitrogens is 2. The molecule has 28 heavy (non-hydrogen) atoms. The van der Waals surface area contributed by atoms with E-state index >= 15 is 0 Å². The van der Waals surface area contributed by atoms with Crippen molar-refractivity contribution < 1.29 is 9.53 Å². The number of anilines is 2. The number of benzene rings is 1. The topological polar surface area (TPSA) is 70.6 Å². The highest BCUT2D eigenvalue weighted by molar-refractivity contribution is 5.82. The number of piperazine rings is 1. The zero-order valence-electron chi connectivity index (χ0n) is 16.6. The summed E-state index contributed by atoms with van der Waals surface area (Å²) < 4.78 is 5.44. The van der Waals surface area contributed by atoms with Crippen LogP contribution in [0.1, 0.15) is 19.4 Å². The molecule has 1 amide bonds. The molecule has 148 valence electrons. The number of ether oxygens (including phenoxy) is 1. The van der Waals surface area contributed by atoms with E-state index < -0.39 is 0 Å². The maximum absolute atomic E-state index is 13.0. The lowest BCUT2D eigenvalue weighted by Crippen LogP contribution is -2.61. The number of methoxy groups -OCH3 is 1. The van der Waals surface area contributed by atoms with Gasteiger partial charge in [-0.3, -0.25) is 9.78 Å². The molecule has 3 heterocycles. The first-order valence-electron chi connectivity index (χ1n) is 9.81. The van der Waals surface area contributed by atoms with Crippen LogP contribution in [0.4, 0.5) is 11.5 Å². The lowest BCUT2D eigenvalue weighted by molar-refractivity contribution is -0.126. The van der Waals surface area contributed by atoms with Crippen LogP contribution in [0.15, 0.2) is 36.8 Å². The molecule has 4 rings (SSSR count). The number of amides is 1. The van der Waals surface area contributed by atoms with E-state index in [9.17, 15) is 4.79 Å². The van der Waals surface area contributed by atoms with E-state index in [1.807, 2.05) is 19.9 Å². The minimum Gasteiger partial charge on any atom is -0.497 e. The molecular weight excluding hydrogens is 354 g/mol. The molecule has 2 aliphatic heterocycles. The normalized spacial score (nSPS) is 21.1. The van der Waals surface area contributed by atoms with Gasteiger partial charge in [0.15, 0.2) is 0 Å². The van der Waals surface area contributed by atoms with Crippen molar-refractivity contribution in [2.45, 2.75) is 32.4 Å². The summed E-state index contributed by atoms with van der Waals surface area (Å²) in [5, 5.41) is 3.12. The van der Waals surface area contributed by atoms with Gasteiger partial charge < -0.3 is 19.9 Å². The molecule has 7 nitrogen and oxygen atoms in total. The van der Waals surface area contributed by atoms with Crippen LogP contribution < -0.4 is 19.9 Å². The Morgan fingerprint density at radius 2 is 2.14 bits per heavy atom. The third-order valence-electron chi connectivity index (χ3n) is 5.57. The smallest absolute Gasteiger partial charge is 0.225 e. The largest absolute Gasteiger partial charge is 0.497 e. The van der Waals surface area contributed by atoms with Crippen LogP contribution in [0.25, 0.3) is 0 Å². The molecule has 2 aromatic rings. The first-order valence-corrected chi connectivity index (χ1v) is 9.81. The van der Waals surface area contributed by atoms with Crippen molar-refractivity contribution >= 4 is 17.4 Å². The molecule has 1 fully saturated rings. The minimum atomic E-state index is -0.109. The summed E-state index contributed by atoms with van der Waals surface area (Å²) in [4.78, 5) is 26.3. The predicted molar refractivity (Wildman–Crippen MR) is 109 cm³/mol. The Labute approximate surface area is 165 Å². The minimum absolute atomic E-state index is 0.0779. The molecule has 2 atom stereocenters. The van der Waals surface area contributed by atoms with Gasteiger partial charge in [-0.2, -0.15) is 0 Å². The van der Waals surface area contributed by atoms with Gasteiger partial charge in [-0.1, -0.05) is 6.07 Å². The molecule has 1 saturated heterocycles. The zero-order valence-corrected chi connectivity index (χ0v) is 16.6. The van der Waals surface area contributed by atoms with Crippen molar-refractivity contribution in [3.63, 3.8) is 0 Å². The second-order valence-corrected chi connectivity index (χ2v) is 7.74. The summed E-state index contributed by atoms with van der Waals surface area (Å²) in [6, 6.07) is 6.37. The highest BCUT2D eigenvalue weighted by Crippen LogP contribution is 2.38. The van der Waals surface area contributed by atoms with E-state index in [-0.39, 0.29) is 23.9 Å². The lowest BCUT2D eigenvalue weighted by atomic mass is 9.83. The fourth-order valence-corrected chi connectivity index (χ4v) is 4.26. The van der Waals surface area contributed by atoms with Crippen LogP contribution in [-0.2, 0) is 11.2 Å². The van der Waals surface area contributed by atoms with Gasteiger partial charge in [0, 0.05) is 49.8 Å². The highest BCUT2D eigenvalue weighted by Gasteiger charge is 2.42. The molecule has 2 unspecified atom stereocenters. The van der Waals surface area contributed by atoms with Crippen LogP contribution in [0.3, 0.4) is 0 Å². The Balaban J connectivity index is 1.67. The van der Waals surface area contributed by atoms with Gasteiger partial charge in [-0.05, 0) is 31.9 Å². The first kappa shape index (κ1) is 18.5. The fourth-order valence-electron chi connectivity index (χ4n) is 4.26. The average Bonchev–Trinajstić information content (AvgIpc) is 2.72. The summed E-state index contributed by atoms with van der Waals surface area (Å²) in [6.45, 7) is 6.41. The molecular formula is C21H27N5O2. The molecule has 2 aliphatic rings. The summed E-state index contributed by atoms with van der Waals surface area (Å²) in [5.74, 6) is 1.72. The van der Waals surface area contributed by atoms with Gasteiger partial charge >= 0.3 is 0 Å². The number of rotatable bonds is 4. The van der Waals surface area contributed by atoms with Crippen LogP contribution >= 0.6 is 0 Å². The average molecular weight is 381 g/mol. The monoisotopic (exact) mass is 381 g/mol.